The predicted molar refractivity (Wildman–Crippen MR) is 122 cm³/mol. The molecule has 1 saturated heterocycles. The molecule has 2 unspecified atom stereocenters. The highest BCUT2D eigenvalue weighted by Gasteiger charge is 2.36. The monoisotopic (exact) mass is 490 g/mol. The third kappa shape index (κ3) is 3.73. The second-order valence-electron chi connectivity index (χ2n) is 7.71. The molecule has 28 heavy (non-hydrogen) atoms. The Bertz CT molecular complexity index is 943. The number of nitrogens with zero attached hydrogens (tertiary/aromatic N) is 1. The van der Waals surface area contributed by atoms with Gasteiger partial charge in [0.05, 0.1) is 22.8 Å². The molecule has 0 radical (unpaired) electrons. The van der Waals surface area contributed by atoms with Crippen LogP contribution in [0.5, 0.6) is 5.75 Å². The molecular weight excluding hydrogens is 463 g/mol. The molecule has 1 aliphatic carbocycles. The lowest BCUT2D eigenvalue weighted by Crippen LogP contribution is -2.50. The van der Waals surface area contributed by atoms with Crippen LogP contribution in [0.4, 0.5) is 0 Å². The van der Waals surface area contributed by atoms with Crippen molar-refractivity contribution in [1.82, 2.24) is 9.88 Å². The van der Waals surface area contributed by atoms with Gasteiger partial charge in [-0.2, -0.15) is 0 Å². The van der Waals surface area contributed by atoms with Crippen molar-refractivity contribution in [2.45, 2.75) is 45.6 Å². The number of H-pyrrole nitrogens is 1. The molecule has 0 saturated carbocycles. The van der Waals surface area contributed by atoms with Crippen molar-refractivity contribution in [3.05, 3.63) is 51.3 Å². The number of nitrogens with one attached hydrogen (secondary N) is 1. The van der Waals surface area contributed by atoms with E-state index < -0.39 is 0 Å². The highest BCUT2D eigenvalue weighted by Crippen LogP contribution is 2.35. The van der Waals surface area contributed by atoms with Crippen LogP contribution >= 0.6 is 22.6 Å². The zero-order valence-corrected chi connectivity index (χ0v) is 18.7. The Morgan fingerprint density at radius 1 is 1.39 bits per heavy atom. The zero-order chi connectivity index (χ0) is 19.7. The molecule has 2 atom stereocenters. The van der Waals surface area contributed by atoms with Crippen LogP contribution in [0, 0.1) is 9.62 Å². The van der Waals surface area contributed by atoms with Gasteiger partial charge in [0.2, 0.25) is 5.91 Å². The highest BCUT2D eigenvalue weighted by atomic mass is 127. The van der Waals surface area contributed by atoms with Crippen molar-refractivity contribution in [3.63, 3.8) is 0 Å². The number of aromatic nitrogens is 1. The van der Waals surface area contributed by atoms with Crippen molar-refractivity contribution in [2.24, 2.45) is 5.92 Å². The fourth-order valence-electron chi connectivity index (χ4n) is 4.26. The van der Waals surface area contributed by atoms with Crippen molar-refractivity contribution < 1.29 is 9.53 Å². The molecule has 5 rings (SSSR count). The summed E-state index contributed by atoms with van der Waals surface area (Å²) < 4.78 is 6.92. The molecule has 0 spiro atoms. The van der Waals surface area contributed by atoms with Crippen LogP contribution in [0.3, 0.4) is 0 Å². The van der Waals surface area contributed by atoms with Crippen molar-refractivity contribution in [3.8, 4) is 5.75 Å². The Balaban J connectivity index is 1.57. The van der Waals surface area contributed by atoms with E-state index in [9.17, 15) is 4.79 Å². The number of ether oxygens (including phenoxy) is 1. The minimum absolute atomic E-state index is 0.137. The molecule has 5 heteroatoms. The number of benzene rings is 1. The van der Waals surface area contributed by atoms with E-state index in [0.717, 1.165) is 58.3 Å². The van der Waals surface area contributed by atoms with Crippen LogP contribution < -0.4 is 4.74 Å². The number of fused-ring (bicyclic) bond motifs is 3. The minimum atomic E-state index is 0.137. The van der Waals surface area contributed by atoms with Crippen molar-refractivity contribution in [1.29, 1.82) is 0 Å². The van der Waals surface area contributed by atoms with Crippen LogP contribution in [0.15, 0.2) is 42.0 Å². The summed E-state index contributed by atoms with van der Waals surface area (Å²) in [4.78, 5) is 18.7. The van der Waals surface area contributed by atoms with Gasteiger partial charge in [0.25, 0.3) is 0 Å². The Morgan fingerprint density at radius 3 is 3.00 bits per heavy atom. The van der Waals surface area contributed by atoms with E-state index >= 15 is 0 Å². The molecule has 3 aliphatic rings. The summed E-state index contributed by atoms with van der Waals surface area (Å²) in [5.41, 5.74) is 3.51. The molecule has 148 valence electrons. The Labute approximate surface area is 180 Å². The number of carbonyl (C=O) groups excluding carboxylic acids is 1. The third-order valence-corrected chi connectivity index (χ3v) is 6.74. The smallest absolute Gasteiger partial charge is 0.227 e. The van der Waals surface area contributed by atoms with Gasteiger partial charge in [-0.1, -0.05) is 31.6 Å². The van der Waals surface area contributed by atoms with Crippen LogP contribution in [0.2, 0.25) is 0 Å². The lowest BCUT2D eigenvalue weighted by molar-refractivity contribution is -0.132. The number of piperidine rings is 1. The standard InChI is InChI=1S/C23H27IN2O2/c1-3-5-10-28-17-7-8-20-18(12-17)19(23(24)25-20)13-22(27)26-14-15-6-9-21(26)16(4-2)11-15/h4,6-9,12,15,21,25H,3,5,10-11,13-14H2,1-2H3/b16-4+. The summed E-state index contributed by atoms with van der Waals surface area (Å²) in [6, 6.07) is 6.27. The summed E-state index contributed by atoms with van der Waals surface area (Å²) in [6.07, 6.45) is 10.3. The summed E-state index contributed by atoms with van der Waals surface area (Å²) >= 11 is 2.31. The van der Waals surface area contributed by atoms with Gasteiger partial charge >= 0.3 is 0 Å². The largest absolute Gasteiger partial charge is 0.494 e. The first-order chi connectivity index (χ1) is 13.6. The molecule has 2 aliphatic heterocycles. The number of aromatic amines is 1. The SMILES string of the molecule is C/C=C1\CC2C=CC1N(C(=O)Cc1c(I)[nH]c3ccc(OCCCC)cc13)C2. The number of unbranched alkanes of at least 4 members (excludes halogenated alkanes) is 1. The molecule has 1 amide bonds. The molecule has 2 bridgehead atoms. The number of amides is 1. The van der Waals surface area contributed by atoms with Crippen molar-refractivity contribution >= 4 is 39.4 Å². The molecular formula is C23H27IN2O2. The van der Waals surface area contributed by atoms with Crippen molar-refractivity contribution in [2.75, 3.05) is 13.2 Å². The average molecular weight is 490 g/mol. The second-order valence-corrected chi connectivity index (χ2v) is 8.79. The van der Waals surface area contributed by atoms with Gasteiger partial charge in [0.1, 0.15) is 5.75 Å². The molecule has 3 heterocycles. The molecule has 1 aromatic heterocycles. The molecule has 4 nitrogen and oxygen atoms in total. The maximum atomic E-state index is 13.2. The fraction of sp³-hybridized carbons (Fsp3) is 0.435. The maximum absolute atomic E-state index is 13.2. The lowest BCUT2D eigenvalue weighted by atomic mass is 9.81. The van der Waals surface area contributed by atoms with Crippen LogP contribution in [0.1, 0.15) is 38.7 Å². The fourth-order valence-corrected chi connectivity index (χ4v) is 5.03. The molecule has 1 N–H and O–H groups in total. The van der Waals surface area contributed by atoms with Gasteiger partial charge in [0, 0.05) is 23.0 Å². The van der Waals surface area contributed by atoms with Crippen LogP contribution in [-0.4, -0.2) is 35.0 Å². The van der Waals surface area contributed by atoms with Crippen LogP contribution in [-0.2, 0) is 11.2 Å². The third-order valence-electron chi connectivity index (χ3n) is 5.82. The van der Waals surface area contributed by atoms with Gasteiger partial charge < -0.3 is 14.6 Å². The normalized spacial score (nSPS) is 22.4. The summed E-state index contributed by atoms with van der Waals surface area (Å²) in [5.74, 6) is 1.54. The first-order valence-corrected chi connectivity index (χ1v) is 11.2. The first-order valence-electron chi connectivity index (χ1n) is 10.2. The number of rotatable bonds is 6. The number of hydrogen-bond acceptors (Lipinski definition) is 2. The number of allylic oxidation sites excluding steroid dienone is 1. The van der Waals surface area contributed by atoms with E-state index in [-0.39, 0.29) is 11.9 Å². The van der Waals surface area contributed by atoms with Gasteiger partial charge in [-0.3, -0.25) is 4.79 Å². The van der Waals surface area contributed by atoms with E-state index in [4.69, 9.17) is 4.74 Å². The number of halogens is 1. The first kappa shape index (κ1) is 19.6. The van der Waals surface area contributed by atoms with Gasteiger partial charge in [-0.05, 0) is 72.0 Å². The maximum Gasteiger partial charge on any atom is 0.227 e. The summed E-state index contributed by atoms with van der Waals surface area (Å²) in [6.45, 7) is 5.80. The summed E-state index contributed by atoms with van der Waals surface area (Å²) in [7, 11) is 0. The predicted octanol–water partition coefficient (Wildman–Crippen LogP) is 5.23. The van der Waals surface area contributed by atoms with Gasteiger partial charge in [-0.25, -0.2) is 0 Å². The quantitative estimate of drug-likeness (QED) is 0.343. The average Bonchev–Trinajstić information content (AvgIpc) is 3.03. The van der Waals surface area contributed by atoms with E-state index in [0.29, 0.717) is 12.3 Å². The number of carbonyl (C=O) groups is 1. The van der Waals surface area contributed by atoms with E-state index in [1.54, 1.807) is 0 Å². The zero-order valence-electron chi connectivity index (χ0n) is 16.5. The summed E-state index contributed by atoms with van der Waals surface area (Å²) in [5, 5.41) is 1.09. The number of hydrogen-bond donors (Lipinski definition) is 1. The lowest BCUT2D eigenvalue weighted by Gasteiger charge is -2.43. The molecule has 1 aromatic carbocycles. The van der Waals surface area contributed by atoms with E-state index in [2.05, 4.69) is 76.7 Å². The van der Waals surface area contributed by atoms with Gasteiger partial charge in [-0.15, -0.1) is 0 Å². The minimum Gasteiger partial charge on any atom is -0.494 e. The topological polar surface area (TPSA) is 45.3 Å². The molecule has 1 fully saturated rings. The molecule has 2 aromatic rings. The Hall–Kier alpha value is -1.76. The van der Waals surface area contributed by atoms with E-state index in [1.165, 1.54) is 5.57 Å². The second kappa shape index (κ2) is 8.31. The Morgan fingerprint density at radius 2 is 2.25 bits per heavy atom. The van der Waals surface area contributed by atoms with Crippen LogP contribution in [0.25, 0.3) is 10.9 Å². The Kier molecular flexibility index (Phi) is 5.80. The van der Waals surface area contributed by atoms with E-state index in [1.807, 2.05) is 6.07 Å². The van der Waals surface area contributed by atoms with Gasteiger partial charge in [0.15, 0.2) is 0 Å². The highest BCUT2D eigenvalue weighted by molar-refractivity contribution is 14.1.